The summed E-state index contributed by atoms with van der Waals surface area (Å²) < 4.78 is 7.07. The van der Waals surface area contributed by atoms with Gasteiger partial charge in [0.05, 0.1) is 0 Å². The van der Waals surface area contributed by atoms with Crippen LogP contribution in [-0.4, -0.2) is 26.4 Å². The summed E-state index contributed by atoms with van der Waals surface area (Å²) in [7, 11) is 0. The van der Waals surface area contributed by atoms with Crippen molar-refractivity contribution in [3.8, 4) is 17.7 Å². The van der Waals surface area contributed by atoms with Gasteiger partial charge in [0.25, 0.3) is 17.4 Å². The quantitative estimate of drug-likeness (QED) is 0.499. The predicted molar refractivity (Wildman–Crippen MR) is 109 cm³/mol. The number of aliphatic carboxylic acids is 1. The van der Waals surface area contributed by atoms with Crippen LogP contribution in [0, 0.1) is 18.3 Å². The number of fused-ring (bicyclic) bond motifs is 1. The van der Waals surface area contributed by atoms with Crippen molar-refractivity contribution in [2.45, 2.75) is 13.8 Å². The Hall–Kier alpha value is -4.45. The van der Waals surface area contributed by atoms with Crippen molar-refractivity contribution < 1.29 is 19.4 Å². The minimum absolute atomic E-state index is 0.0131. The number of nitrogens with two attached hydrogens (primary N) is 1. The van der Waals surface area contributed by atoms with E-state index >= 15 is 0 Å². The number of benzene rings is 1. The molecule has 2 heterocycles. The summed E-state index contributed by atoms with van der Waals surface area (Å²) in [5.41, 5.74) is 5.63. The van der Waals surface area contributed by atoms with Crippen molar-refractivity contribution in [1.82, 2.24) is 9.38 Å². The number of aryl methyl sites for hydroxylation is 1. The predicted octanol–water partition coefficient (Wildman–Crippen LogP) is 2.28. The molecule has 0 aliphatic heterocycles. The molecule has 1 amide bonds. The Labute approximate surface area is 171 Å². The molecule has 3 aromatic rings. The average Bonchev–Trinajstić information content (AvgIpc) is 2.67. The fourth-order valence-corrected chi connectivity index (χ4v) is 2.38. The topological polar surface area (TPSA) is 148 Å². The van der Waals surface area contributed by atoms with Gasteiger partial charge in [-0.3, -0.25) is 18.8 Å². The fourth-order valence-electron chi connectivity index (χ4n) is 2.38. The molecule has 1 aromatic carbocycles. The van der Waals surface area contributed by atoms with Gasteiger partial charge in [0.15, 0.2) is 0 Å². The van der Waals surface area contributed by atoms with Crippen molar-refractivity contribution in [2.24, 2.45) is 5.73 Å². The lowest BCUT2D eigenvalue weighted by Crippen LogP contribution is -2.20. The number of nitriles is 1. The highest BCUT2D eigenvalue weighted by Crippen LogP contribution is 2.24. The van der Waals surface area contributed by atoms with Crippen molar-refractivity contribution in [1.29, 1.82) is 5.26 Å². The number of ether oxygens (including phenoxy) is 1. The van der Waals surface area contributed by atoms with Gasteiger partial charge in [0.1, 0.15) is 28.6 Å². The molecule has 3 N–H and O–H groups in total. The molecule has 0 spiro atoms. The molecule has 9 heteroatoms. The molecule has 0 atom stereocenters. The van der Waals surface area contributed by atoms with E-state index in [4.69, 9.17) is 25.6 Å². The Morgan fingerprint density at radius 1 is 1.27 bits per heavy atom. The Morgan fingerprint density at radius 2 is 1.97 bits per heavy atom. The molecule has 0 bridgehead atoms. The van der Waals surface area contributed by atoms with E-state index in [-0.39, 0.29) is 17.0 Å². The summed E-state index contributed by atoms with van der Waals surface area (Å²) >= 11 is 0. The number of pyridine rings is 1. The monoisotopic (exact) mass is 406 g/mol. The number of rotatable bonds is 4. The summed E-state index contributed by atoms with van der Waals surface area (Å²) in [6, 6.07) is 13.9. The van der Waals surface area contributed by atoms with Crippen LogP contribution in [0.5, 0.6) is 11.6 Å². The lowest BCUT2D eigenvalue weighted by atomic mass is 10.2. The Balaban J connectivity index is 0.000000735. The van der Waals surface area contributed by atoms with Crippen LogP contribution in [-0.2, 0) is 9.59 Å². The number of nitrogens with zero attached hydrogens (tertiary/aromatic N) is 3. The number of carboxylic acid groups (broad SMARTS) is 1. The van der Waals surface area contributed by atoms with Gasteiger partial charge in [-0.05, 0) is 42.8 Å². The normalized spacial score (nSPS) is 10.5. The van der Waals surface area contributed by atoms with Crippen molar-refractivity contribution >= 4 is 23.6 Å². The lowest BCUT2D eigenvalue weighted by Gasteiger charge is -2.10. The van der Waals surface area contributed by atoms with Gasteiger partial charge in [-0.25, -0.2) is 0 Å². The second kappa shape index (κ2) is 9.66. The van der Waals surface area contributed by atoms with E-state index in [1.165, 1.54) is 10.6 Å². The van der Waals surface area contributed by atoms with Crippen LogP contribution in [0.25, 0.3) is 11.7 Å². The summed E-state index contributed by atoms with van der Waals surface area (Å²) in [6.07, 6.45) is 2.64. The number of carbonyl (C=O) groups excluding carboxylic acids is 1. The average molecular weight is 406 g/mol. The third-order valence-electron chi connectivity index (χ3n) is 3.61. The van der Waals surface area contributed by atoms with Crippen LogP contribution in [0.3, 0.4) is 0 Å². The Morgan fingerprint density at radius 3 is 2.57 bits per heavy atom. The zero-order valence-corrected chi connectivity index (χ0v) is 16.2. The molecule has 30 heavy (non-hydrogen) atoms. The smallest absolute Gasteiger partial charge is 0.300 e. The van der Waals surface area contributed by atoms with Gasteiger partial charge in [-0.15, -0.1) is 0 Å². The highest BCUT2D eigenvalue weighted by Gasteiger charge is 2.16. The molecule has 0 radical (unpaired) electrons. The number of hydrogen-bond donors (Lipinski definition) is 2. The van der Waals surface area contributed by atoms with E-state index in [2.05, 4.69) is 4.98 Å². The zero-order chi connectivity index (χ0) is 22.3. The first-order chi connectivity index (χ1) is 14.2. The highest BCUT2D eigenvalue weighted by molar-refractivity contribution is 6.00. The first-order valence-electron chi connectivity index (χ1n) is 8.60. The molecule has 0 saturated heterocycles. The second-order valence-corrected chi connectivity index (χ2v) is 6.04. The maximum Gasteiger partial charge on any atom is 0.300 e. The van der Waals surface area contributed by atoms with Crippen LogP contribution >= 0.6 is 0 Å². The third-order valence-corrected chi connectivity index (χ3v) is 3.61. The Kier molecular flexibility index (Phi) is 7.03. The molecule has 0 unspecified atom stereocenters. The molecule has 152 valence electrons. The summed E-state index contributed by atoms with van der Waals surface area (Å²) in [6.45, 7) is 2.98. The minimum atomic E-state index is -0.938. The van der Waals surface area contributed by atoms with E-state index in [1.54, 1.807) is 42.5 Å². The van der Waals surface area contributed by atoms with Gasteiger partial charge in [0.2, 0.25) is 5.88 Å². The van der Waals surface area contributed by atoms with Crippen LogP contribution < -0.4 is 16.0 Å². The summed E-state index contributed by atoms with van der Waals surface area (Å²) in [4.78, 5) is 37.5. The second-order valence-electron chi connectivity index (χ2n) is 6.04. The molecule has 0 saturated carbocycles. The van der Waals surface area contributed by atoms with Gasteiger partial charge >= 0.3 is 0 Å². The maximum absolute atomic E-state index is 12.8. The summed E-state index contributed by atoms with van der Waals surface area (Å²) in [5, 5.41) is 16.5. The molecular formula is C21H18N4O5. The van der Waals surface area contributed by atoms with E-state index in [0.29, 0.717) is 11.4 Å². The highest BCUT2D eigenvalue weighted by atomic mass is 16.5. The largest absolute Gasteiger partial charge is 0.481 e. The molecule has 0 aliphatic carbocycles. The van der Waals surface area contributed by atoms with E-state index in [1.807, 2.05) is 13.0 Å². The standard InChI is InChI=1S/C19H14N4O3.C2H4O2/c1-12-5-4-6-14(9-12)26-18-15(10-13(11-20)17(21)24)19(25)23-8-3-2-7-16(23)22-18;1-2(3)4/h2-10H,1H3,(H2,21,24);1H3,(H,3,4)/b13-10-;. The first kappa shape index (κ1) is 21.8. The van der Waals surface area contributed by atoms with Gasteiger partial charge in [-0.2, -0.15) is 10.2 Å². The van der Waals surface area contributed by atoms with Crippen molar-refractivity contribution in [2.75, 3.05) is 0 Å². The van der Waals surface area contributed by atoms with E-state index in [0.717, 1.165) is 18.6 Å². The summed E-state index contributed by atoms with van der Waals surface area (Å²) in [5.74, 6) is -1.31. The number of amides is 1. The van der Waals surface area contributed by atoms with Crippen molar-refractivity contribution in [3.05, 3.63) is 75.7 Å². The number of carboxylic acids is 1. The molecule has 3 rings (SSSR count). The number of carbonyl (C=O) groups is 2. The van der Waals surface area contributed by atoms with Crippen LogP contribution in [0.4, 0.5) is 0 Å². The van der Waals surface area contributed by atoms with Gasteiger partial charge in [-0.1, -0.05) is 18.2 Å². The third kappa shape index (κ3) is 5.53. The van der Waals surface area contributed by atoms with Crippen LogP contribution in [0.15, 0.2) is 59.0 Å². The number of hydrogen-bond acceptors (Lipinski definition) is 6. The van der Waals surface area contributed by atoms with Crippen LogP contribution in [0.1, 0.15) is 18.1 Å². The first-order valence-corrected chi connectivity index (χ1v) is 8.60. The van der Waals surface area contributed by atoms with E-state index in [9.17, 15) is 9.59 Å². The fraction of sp³-hybridized carbons (Fsp3) is 0.0952. The zero-order valence-electron chi connectivity index (χ0n) is 16.2. The molecular weight excluding hydrogens is 388 g/mol. The van der Waals surface area contributed by atoms with Gasteiger partial charge in [0, 0.05) is 13.1 Å². The molecule has 0 fully saturated rings. The SMILES string of the molecule is CC(=O)O.Cc1cccc(Oc2nc3ccccn3c(=O)c2/C=C(/C#N)C(N)=O)c1. The van der Waals surface area contributed by atoms with Gasteiger partial charge < -0.3 is 15.6 Å². The maximum atomic E-state index is 12.8. The molecule has 9 nitrogen and oxygen atoms in total. The number of aromatic nitrogens is 2. The minimum Gasteiger partial charge on any atom is -0.481 e. The van der Waals surface area contributed by atoms with Crippen LogP contribution in [0.2, 0.25) is 0 Å². The lowest BCUT2D eigenvalue weighted by molar-refractivity contribution is -0.134. The van der Waals surface area contributed by atoms with E-state index < -0.39 is 17.4 Å². The molecule has 2 aromatic heterocycles. The Bertz CT molecular complexity index is 1230. The molecule has 0 aliphatic rings. The number of primary amides is 1. The van der Waals surface area contributed by atoms with Crippen molar-refractivity contribution in [3.63, 3.8) is 0 Å².